The van der Waals surface area contributed by atoms with Crippen molar-refractivity contribution in [2.75, 3.05) is 12.4 Å². The normalized spacial score (nSPS) is 10.3. The van der Waals surface area contributed by atoms with Gasteiger partial charge in [-0.25, -0.2) is 4.98 Å². The van der Waals surface area contributed by atoms with Crippen LogP contribution in [0.1, 0.15) is 5.56 Å². The molecule has 0 amide bonds. The van der Waals surface area contributed by atoms with E-state index in [0.717, 1.165) is 11.3 Å². The van der Waals surface area contributed by atoms with Crippen LogP contribution in [0.5, 0.6) is 5.75 Å². The molecule has 0 saturated carbocycles. The number of aromatic nitrogens is 1. The first-order chi connectivity index (χ1) is 9.11. The summed E-state index contributed by atoms with van der Waals surface area (Å²) in [7, 11) is 1.63. The molecule has 0 aliphatic carbocycles. The first-order valence-corrected chi connectivity index (χ1v) is 6.62. The summed E-state index contributed by atoms with van der Waals surface area (Å²) in [5.74, 6) is 1.29. The van der Waals surface area contributed by atoms with E-state index >= 15 is 0 Å². The lowest BCUT2D eigenvalue weighted by molar-refractivity contribution is 0.410. The van der Waals surface area contributed by atoms with Gasteiger partial charge in [0.25, 0.3) is 0 Å². The quantitative estimate of drug-likeness (QED) is 0.833. The van der Waals surface area contributed by atoms with Crippen molar-refractivity contribution in [3.63, 3.8) is 0 Å². The molecule has 0 atom stereocenters. The van der Waals surface area contributed by atoms with E-state index in [1.807, 2.05) is 24.3 Å². The van der Waals surface area contributed by atoms with Crippen LogP contribution in [0.4, 0.5) is 5.82 Å². The fourth-order valence-electron chi connectivity index (χ4n) is 1.60. The Morgan fingerprint density at radius 3 is 2.63 bits per heavy atom. The second-order valence-electron chi connectivity index (χ2n) is 3.76. The molecule has 6 heteroatoms. The Bertz CT molecular complexity index is 590. The minimum absolute atomic E-state index is 0.216. The summed E-state index contributed by atoms with van der Waals surface area (Å²) in [6.07, 6.45) is 0. The highest BCUT2D eigenvalue weighted by Gasteiger charge is 2.08. The minimum atomic E-state index is 0.216. The van der Waals surface area contributed by atoms with Gasteiger partial charge in [0.15, 0.2) is 0 Å². The van der Waals surface area contributed by atoms with Crippen LogP contribution in [0.2, 0.25) is 15.2 Å². The van der Waals surface area contributed by atoms with E-state index in [0.29, 0.717) is 22.4 Å². The number of ether oxygens (including phenoxy) is 1. The Balaban J connectivity index is 2.17. The van der Waals surface area contributed by atoms with Gasteiger partial charge in [0.05, 0.1) is 17.2 Å². The molecule has 0 fully saturated rings. The number of hydrogen-bond acceptors (Lipinski definition) is 3. The largest absolute Gasteiger partial charge is 0.496 e. The smallest absolute Gasteiger partial charge is 0.150 e. The maximum Gasteiger partial charge on any atom is 0.150 e. The van der Waals surface area contributed by atoms with Gasteiger partial charge in [0.1, 0.15) is 16.7 Å². The summed E-state index contributed by atoms with van der Waals surface area (Å²) in [5.41, 5.74) is 0.994. The molecule has 0 aliphatic rings. The highest BCUT2D eigenvalue weighted by atomic mass is 35.5. The second-order valence-corrected chi connectivity index (χ2v) is 4.93. The third-order valence-electron chi connectivity index (χ3n) is 2.53. The molecule has 1 aromatic heterocycles. The highest BCUT2D eigenvalue weighted by molar-refractivity contribution is 6.42. The lowest BCUT2D eigenvalue weighted by Gasteiger charge is -2.11. The van der Waals surface area contributed by atoms with Crippen molar-refractivity contribution < 1.29 is 4.74 Å². The predicted octanol–water partition coefficient (Wildman–Crippen LogP) is 4.66. The molecule has 19 heavy (non-hydrogen) atoms. The number of anilines is 1. The lowest BCUT2D eigenvalue weighted by atomic mass is 10.2. The van der Waals surface area contributed by atoms with E-state index in [-0.39, 0.29) is 5.15 Å². The van der Waals surface area contributed by atoms with Crippen molar-refractivity contribution in [1.29, 1.82) is 0 Å². The molecule has 0 unspecified atom stereocenters. The first-order valence-electron chi connectivity index (χ1n) is 5.49. The summed E-state index contributed by atoms with van der Waals surface area (Å²) >= 11 is 17.7. The van der Waals surface area contributed by atoms with Gasteiger partial charge in [-0.2, -0.15) is 0 Å². The minimum Gasteiger partial charge on any atom is -0.496 e. The number of hydrogen-bond donors (Lipinski definition) is 1. The first kappa shape index (κ1) is 14.3. The number of nitrogens with zero attached hydrogens (tertiary/aromatic N) is 1. The maximum atomic E-state index is 6.04. The maximum absolute atomic E-state index is 6.04. The molecule has 3 nitrogen and oxygen atoms in total. The summed E-state index contributed by atoms with van der Waals surface area (Å²) in [4.78, 5) is 4.09. The topological polar surface area (TPSA) is 34.1 Å². The van der Waals surface area contributed by atoms with Gasteiger partial charge in [-0.1, -0.05) is 53.0 Å². The number of methoxy groups -OCH3 is 1. The van der Waals surface area contributed by atoms with Crippen molar-refractivity contribution in [1.82, 2.24) is 4.98 Å². The molecule has 2 rings (SSSR count). The Hall–Kier alpha value is -1.16. The van der Waals surface area contributed by atoms with Gasteiger partial charge < -0.3 is 10.1 Å². The van der Waals surface area contributed by atoms with Crippen LogP contribution in [0.25, 0.3) is 0 Å². The number of para-hydroxylation sites is 1. The summed E-state index contributed by atoms with van der Waals surface area (Å²) in [6.45, 7) is 0.523. The van der Waals surface area contributed by atoms with Crippen LogP contribution in [0.15, 0.2) is 30.3 Å². The summed E-state index contributed by atoms with van der Waals surface area (Å²) < 4.78 is 5.27. The van der Waals surface area contributed by atoms with Crippen molar-refractivity contribution in [2.45, 2.75) is 6.54 Å². The van der Waals surface area contributed by atoms with Crippen LogP contribution >= 0.6 is 34.8 Å². The fourth-order valence-corrected chi connectivity index (χ4v) is 2.16. The van der Waals surface area contributed by atoms with Crippen LogP contribution in [0, 0.1) is 0 Å². The summed E-state index contributed by atoms with van der Waals surface area (Å²) in [5, 5.41) is 4.07. The molecule has 1 heterocycles. The number of rotatable bonds is 4. The standard InChI is InChI=1S/C13H11Cl3N2O/c1-19-11-5-3-2-4-8(11)7-17-13-10(15)6-9(14)12(16)18-13/h2-6H,7H2,1H3,(H,17,18). The average Bonchev–Trinajstić information content (AvgIpc) is 2.41. The third-order valence-corrected chi connectivity index (χ3v) is 3.49. The van der Waals surface area contributed by atoms with Gasteiger partial charge in [0.2, 0.25) is 0 Å². The zero-order valence-corrected chi connectivity index (χ0v) is 12.4. The molecule has 0 spiro atoms. The van der Waals surface area contributed by atoms with Crippen molar-refractivity contribution in [3.8, 4) is 5.75 Å². The molecule has 0 radical (unpaired) electrons. The van der Waals surface area contributed by atoms with E-state index in [9.17, 15) is 0 Å². The van der Waals surface area contributed by atoms with E-state index in [1.54, 1.807) is 13.2 Å². The Labute approximate surface area is 126 Å². The molecule has 1 aromatic carbocycles. The van der Waals surface area contributed by atoms with Gasteiger partial charge in [0, 0.05) is 12.1 Å². The highest BCUT2D eigenvalue weighted by Crippen LogP contribution is 2.29. The molecule has 2 aromatic rings. The second kappa shape index (κ2) is 6.33. The Morgan fingerprint density at radius 2 is 1.89 bits per heavy atom. The van der Waals surface area contributed by atoms with Gasteiger partial charge >= 0.3 is 0 Å². The number of pyridine rings is 1. The zero-order valence-electron chi connectivity index (χ0n) is 10.1. The van der Waals surface area contributed by atoms with Crippen molar-refractivity contribution in [2.24, 2.45) is 0 Å². The van der Waals surface area contributed by atoms with E-state index in [1.165, 1.54) is 0 Å². The molecule has 0 saturated heterocycles. The Morgan fingerprint density at radius 1 is 1.16 bits per heavy atom. The van der Waals surface area contributed by atoms with Crippen LogP contribution in [-0.4, -0.2) is 12.1 Å². The summed E-state index contributed by atoms with van der Waals surface area (Å²) in [6, 6.07) is 9.25. The van der Waals surface area contributed by atoms with Crippen molar-refractivity contribution >= 4 is 40.6 Å². The number of benzene rings is 1. The van der Waals surface area contributed by atoms with Crippen molar-refractivity contribution in [3.05, 3.63) is 51.1 Å². The average molecular weight is 318 g/mol. The lowest BCUT2D eigenvalue weighted by Crippen LogP contribution is -2.04. The fraction of sp³-hybridized carbons (Fsp3) is 0.154. The van der Waals surface area contributed by atoms with Gasteiger partial charge in [-0.15, -0.1) is 0 Å². The van der Waals surface area contributed by atoms with E-state index in [2.05, 4.69) is 10.3 Å². The third kappa shape index (κ3) is 3.44. The molecule has 0 aliphatic heterocycles. The van der Waals surface area contributed by atoms with Crippen LogP contribution < -0.4 is 10.1 Å². The van der Waals surface area contributed by atoms with E-state index in [4.69, 9.17) is 39.5 Å². The number of halogens is 3. The SMILES string of the molecule is COc1ccccc1CNc1nc(Cl)c(Cl)cc1Cl. The molecule has 100 valence electrons. The predicted molar refractivity (Wildman–Crippen MR) is 79.6 cm³/mol. The molecular formula is C13H11Cl3N2O. The molecule has 0 bridgehead atoms. The van der Waals surface area contributed by atoms with Gasteiger partial charge in [-0.05, 0) is 12.1 Å². The zero-order chi connectivity index (χ0) is 13.8. The van der Waals surface area contributed by atoms with Gasteiger partial charge in [-0.3, -0.25) is 0 Å². The molecular weight excluding hydrogens is 307 g/mol. The Kier molecular flexibility index (Phi) is 4.75. The molecule has 1 N–H and O–H groups in total. The van der Waals surface area contributed by atoms with E-state index < -0.39 is 0 Å². The monoisotopic (exact) mass is 316 g/mol. The van der Waals surface area contributed by atoms with Crippen LogP contribution in [0.3, 0.4) is 0 Å². The number of nitrogens with one attached hydrogen (secondary N) is 1. The van der Waals surface area contributed by atoms with Crippen LogP contribution in [-0.2, 0) is 6.54 Å².